The van der Waals surface area contributed by atoms with Gasteiger partial charge in [0.1, 0.15) is 0 Å². The predicted octanol–water partition coefficient (Wildman–Crippen LogP) is 1.31. The third-order valence-corrected chi connectivity index (χ3v) is 6.01. The van der Waals surface area contributed by atoms with Crippen molar-refractivity contribution in [3.8, 4) is 0 Å². The van der Waals surface area contributed by atoms with Crippen LogP contribution in [0.25, 0.3) is 0 Å². The van der Waals surface area contributed by atoms with Crippen LogP contribution in [0.5, 0.6) is 0 Å². The molecule has 0 spiro atoms. The van der Waals surface area contributed by atoms with Crippen LogP contribution >= 0.6 is 11.3 Å². The number of thiophene rings is 1. The summed E-state index contributed by atoms with van der Waals surface area (Å²) in [4.78, 5) is 0. The second-order valence-electron chi connectivity index (χ2n) is 4.98. The Kier molecular flexibility index (Phi) is 4.97. The van der Waals surface area contributed by atoms with E-state index in [1.54, 1.807) is 11.3 Å². The molecule has 2 heterocycles. The van der Waals surface area contributed by atoms with Gasteiger partial charge in [-0.05, 0) is 54.6 Å². The van der Waals surface area contributed by atoms with Crippen molar-refractivity contribution < 1.29 is 8.42 Å². The molecule has 2 rings (SSSR count). The first-order valence-corrected chi connectivity index (χ1v) is 8.91. The molecule has 1 aliphatic heterocycles. The summed E-state index contributed by atoms with van der Waals surface area (Å²) in [5.41, 5.74) is 6.63. The van der Waals surface area contributed by atoms with Crippen molar-refractivity contribution in [2.24, 2.45) is 11.7 Å². The maximum absolute atomic E-state index is 12.3. The van der Waals surface area contributed by atoms with Gasteiger partial charge in [0.05, 0.1) is 0 Å². The second kappa shape index (κ2) is 6.32. The lowest BCUT2D eigenvalue weighted by Crippen LogP contribution is -2.46. The molecule has 0 saturated carbocycles. The van der Waals surface area contributed by atoms with Gasteiger partial charge in [-0.15, -0.1) is 0 Å². The maximum Gasteiger partial charge on any atom is 0.279 e. The molecular formula is C12H21N3O2S2. The van der Waals surface area contributed by atoms with E-state index in [0.29, 0.717) is 25.6 Å². The van der Waals surface area contributed by atoms with Gasteiger partial charge in [0.2, 0.25) is 0 Å². The fourth-order valence-corrected chi connectivity index (χ4v) is 4.45. The van der Waals surface area contributed by atoms with E-state index in [2.05, 4.69) is 4.72 Å². The molecule has 0 aromatic carbocycles. The first kappa shape index (κ1) is 14.9. The zero-order chi connectivity index (χ0) is 13.9. The summed E-state index contributed by atoms with van der Waals surface area (Å²) in [7, 11) is -3.39. The Morgan fingerprint density at radius 1 is 1.53 bits per heavy atom. The topological polar surface area (TPSA) is 75.4 Å². The monoisotopic (exact) mass is 303 g/mol. The highest BCUT2D eigenvalue weighted by molar-refractivity contribution is 7.87. The number of hydrogen-bond acceptors (Lipinski definition) is 4. The Labute approximate surface area is 119 Å². The molecule has 19 heavy (non-hydrogen) atoms. The Hall–Kier alpha value is -0.470. The molecule has 1 aromatic heterocycles. The van der Waals surface area contributed by atoms with Gasteiger partial charge in [-0.3, -0.25) is 0 Å². The number of nitrogens with zero attached hydrogens (tertiary/aromatic N) is 1. The molecule has 1 aliphatic rings. The van der Waals surface area contributed by atoms with Crippen LogP contribution < -0.4 is 10.5 Å². The molecule has 1 unspecified atom stereocenters. The van der Waals surface area contributed by atoms with Crippen LogP contribution in [0.4, 0.5) is 0 Å². The molecule has 7 heteroatoms. The first-order valence-electron chi connectivity index (χ1n) is 6.52. The molecule has 1 saturated heterocycles. The summed E-state index contributed by atoms with van der Waals surface area (Å²) < 4.78 is 28.8. The van der Waals surface area contributed by atoms with E-state index in [-0.39, 0.29) is 6.04 Å². The number of rotatable bonds is 5. The third kappa shape index (κ3) is 3.76. The quantitative estimate of drug-likeness (QED) is 0.861. The van der Waals surface area contributed by atoms with Crippen molar-refractivity contribution in [1.82, 2.24) is 9.03 Å². The molecule has 1 atom stereocenters. The average molecular weight is 303 g/mol. The molecule has 5 nitrogen and oxygen atoms in total. The van der Waals surface area contributed by atoms with Crippen LogP contribution in [0.3, 0.4) is 0 Å². The zero-order valence-corrected chi connectivity index (χ0v) is 12.7. The van der Waals surface area contributed by atoms with Gasteiger partial charge in [0, 0.05) is 19.1 Å². The Balaban J connectivity index is 1.95. The van der Waals surface area contributed by atoms with E-state index in [1.807, 2.05) is 23.8 Å². The van der Waals surface area contributed by atoms with Gasteiger partial charge >= 0.3 is 0 Å². The van der Waals surface area contributed by atoms with Gasteiger partial charge in [-0.25, -0.2) is 0 Å². The molecule has 1 aromatic rings. The van der Waals surface area contributed by atoms with Gasteiger partial charge in [0.25, 0.3) is 10.2 Å². The number of hydrogen-bond donors (Lipinski definition) is 2. The van der Waals surface area contributed by atoms with Crippen molar-refractivity contribution in [1.29, 1.82) is 0 Å². The van der Waals surface area contributed by atoms with Crippen molar-refractivity contribution >= 4 is 21.5 Å². The van der Waals surface area contributed by atoms with Crippen LogP contribution in [0.1, 0.15) is 31.4 Å². The molecular weight excluding hydrogens is 282 g/mol. The molecule has 0 aliphatic carbocycles. The van der Waals surface area contributed by atoms with Crippen molar-refractivity contribution in [2.75, 3.05) is 19.6 Å². The lowest BCUT2D eigenvalue weighted by molar-refractivity contribution is 0.274. The highest BCUT2D eigenvalue weighted by Crippen LogP contribution is 2.21. The van der Waals surface area contributed by atoms with Crippen LogP contribution in [-0.2, 0) is 10.2 Å². The van der Waals surface area contributed by atoms with E-state index in [0.717, 1.165) is 18.4 Å². The van der Waals surface area contributed by atoms with Gasteiger partial charge in [-0.1, -0.05) is 0 Å². The van der Waals surface area contributed by atoms with E-state index in [4.69, 9.17) is 5.73 Å². The van der Waals surface area contributed by atoms with Crippen LogP contribution in [0.2, 0.25) is 0 Å². The highest BCUT2D eigenvalue weighted by atomic mass is 32.2. The normalized spacial score (nSPS) is 20.5. The van der Waals surface area contributed by atoms with Gasteiger partial charge in [0.15, 0.2) is 0 Å². The largest absolute Gasteiger partial charge is 0.330 e. The molecule has 108 valence electrons. The molecule has 0 bridgehead atoms. The van der Waals surface area contributed by atoms with Gasteiger partial charge in [-0.2, -0.15) is 28.8 Å². The van der Waals surface area contributed by atoms with Crippen molar-refractivity contribution in [3.63, 3.8) is 0 Å². The molecule has 3 N–H and O–H groups in total. The SMILES string of the molecule is CC(NS(=O)(=O)N1CCC(CN)CC1)c1ccsc1. The molecule has 0 radical (unpaired) electrons. The van der Waals surface area contributed by atoms with Crippen LogP contribution in [-0.4, -0.2) is 32.4 Å². The van der Waals surface area contributed by atoms with E-state index < -0.39 is 10.2 Å². The summed E-state index contributed by atoms with van der Waals surface area (Å²) in [6.45, 7) is 3.64. The Morgan fingerprint density at radius 3 is 2.74 bits per heavy atom. The second-order valence-corrected chi connectivity index (χ2v) is 7.46. The van der Waals surface area contributed by atoms with Crippen LogP contribution in [0, 0.1) is 5.92 Å². The van der Waals surface area contributed by atoms with Crippen molar-refractivity contribution in [3.05, 3.63) is 22.4 Å². The lowest BCUT2D eigenvalue weighted by atomic mass is 9.99. The summed E-state index contributed by atoms with van der Waals surface area (Å²) >= 11 is 1.57. The minimum atomic E-state index is -3.39. The third-order valence-electron chi connectivity index (χ3n) is 3.62. The van der Waals surface area contributed by atoms with E-state index >= 15 is 0 Å². The number of piperidine rings is 1. The zero-order valence-electron chi connectivity index (χ0n) is 11.1. The average Bonchev–Trinajstić information content (AvgIpc) is 2.92. The first-order chi connectivity index (χ1) is 9.03. The van der Waals surface area contributed by atoms with E-state index in [9.17, 15) is 8.42 Å². The summed E-state index contributed by atoms with van der Waals surface area (Å²) in [6.07, 6.45) is 1.70. The van der Waals surface area contributed by atoms with Crippen molar-refractivity contribution in [2.45, 2.75) is 25.8 Å². The fourth-order valence-electron chi connectivity index (χ4n) is 2.27. The predicted molar refractivity (Wildman–Crippen MR) is 78.1 cm³/mol. The van der Waals surface area contributed by atoms with Gasteiger partial charge < -0.3 is 5.73 Å². The number of nitrogens with one attached hydrogen (secondary N) is 1. The fraction of sp³-hybridized carbons (Fsp3) is 0.667. The lowest BCUT2D eigenvalue weighted by Gasteiger charge is -2.31. The highest BCUT2D eigenvalue weighted by Gasteiger charge is 2.28. The minimum Gasteiger partial charge on any atom is -0.330 e. The minimum absolute atomic E-state index is 0.191. The maximum atomic E-state index is 12.3. The molecule has 0 amide bonds. The Bertz CT molecular complexity index is 479. The summed E-state index contributed by atoms with van der Waals surface area (Å²) in [6, 6.07) is 1.75. The summed E-state index contributed by atoms with van der Waals surface area (Å²) in [5.74, 6) is 0.459. The molecule has 1 fully saturated rings. The van der Waals surface area contributed by atoms with Crippen LogP contribution in [0.15, 0.2) is 16.8 Å². The standard InChI is InChI=1S/C12H21N3O2S2/c1-10(12-4-7-18-9-12)14-19(16,17)15-5-2-11(8-13)3-6-15/h4,7,9-11,14H,2-3,5-6,8,13H2,1H3. The Morgan fingerprint density at radius 2 is 2.21 bits per heavy atom. The van der Waals surface area contributed by atoms with E-state index in [1.165, 1.54) is 4.31 Å². The summed E-state index contributed by atoms with van der Waals surface area (Å²) in [5, 5.41) is 3.92. The number of nitrogens with two attached hydrogens (primary N) is 1. The smallest absolute Gasteiger partial charge is 0.279 e.